The maximum absolute atomic E-state index is 12.9. The maximum Gasteiger partial charge on any atom is 0.262 e. The number of rotatable bonds is 8. The second-order valence-electron chi connectivity index (χ2n) is 7.78. The standard InChI is InChI=1S/C25H22N4O5S2/c1-18-9-10-19(16-24(18)36(33,34)28-21-6-3-2-4-7-21)25(30)27-20-11-13-23(14-12-20)35(31,32)29-22-8-5-15-26-17-22/h2-17,28-29H,1H3,(H,27,30). The fourth-order valence-corrected chi connectivity index (χ4v) is 5.68. The molecule has 0 unspecified atom stereocenters. The van der Waals surface area contributed by atoms with Crippen LogP contribution in [-0.4, -0.2) is 27.7 Å². The highest BCUT2D eigenvalue weighted by molar-refractivity contribution is 7.93. The number of hydrogen-bond acceptors (Lipinski definition) is 6. The van der Waals surface area contributed by atoms with Gasteiger partial charge in [0.2, 0.25) is 0 Å². The number of pyridine rings is 1. The van der Waals surface area contributed by atoms with Gasteiger partial charge in [-0.1, -0.05) is 24.3 Å². The molecule has 1 aromatic heterocycles. The second kappa shape index (κ2) is 10.2. The summed E-state index contributed by atoms with van der Waals surface area (Å²) in [7, 11) is -7.77. The molecule has 0 saturated heterocycles. The minimum absolute atomic E-state index is 0.0000499. The van der Waals surface area contributed by atoms with Gasteiger partial charge in [-0.15, -0.1) is 0 Å². The van der Waals surface area contributed by atoms with Gasteiger partial charge in [0.1, 0.15) is 0 Å². The summed E-state index contributed by atoms with van der Waals surface area (Å²) in [6.07, 6.45) is 2.92. The molecule has 4 rings (SSSR count). The summed E-state index contributed by atoms with van der Waals surface area (Å²) in [5.74, 6) is -0.546. The van der Waals surface area contributed by atoms with E-state index < -0.39 is 26.0 Å². The first-order chi connectivity index (χ1) is 17.1. The van der Waals surface area contributed by atoms with Gasteiger partial charge in [0, 0.05) is 23.1 Å². The third kappa shape index (κ3) is 5.88. The minimum Gasteiger partial charge on any atom is -0.322 e. The zero-order valence-corrected chi connectivity index (χ0v) is 20.7. The molecule has 0 fully saturated rings. The van der Waals surface area contributed by atoms with Gasteiger partial charge in [0.05, 0.1) is 21.7 Å². The Labute approximate surface area is 209 Å². The SMILES string of the molecule is Cc1ccc(C(=O)Nc2ccc(S(=O)(=O)Nc3cccnc3)cc2)cc1S(=O)(=O)Nc1ccccc1. The molecule has 0 aliphatic rings. The molecular weight excluding hydrogens is 500 g/mol. The lowest BCUT2D eigenvalue weighted by Crippen LogP contribution is -2.17. The van der Waals surface area contributed by atoms with Gasteiger partial charge in [0.25, 0.3) is 26.0 Å². The van der Waals surface area contributed by atoms with E-state index in [0.717, 1.165) is 0 Å². The van der Waals surface area contributed by atoms with Crippen LogP contribution in [0.1, 0.15) is 15.9 Å². The van der Waals surface area contributed by atoms with E-state index in [1.54, 1.807) is 55.5 Å². The van der Waals surface area contributed by atoms with Crippen molar-refractivity contribution < 1.29 is 21.6 Å². The van der Waals surface area contributed by atoms with Crippen LogP contribution < -0.4 is 14.8 Å². The third-order valence-electron chi connectivity index (χ3n) is 5.10. The Morgan fingerprint density at radius 3 is 2.06 bits per heavy atom. The highest BCUT2D eigenvalue weighted by Gasteiger charge is 2.20. The van der Waals surface area contributed by atoms with Crippen LogP contribution in [0.4, 0.5) is 17.1 Å². The van der Waals surface area contributed by atoms with Crippen LogP contribution in [0.15, 0.2) is 107 Å². The number of para-hydroxylation sites is 1. The molecule has 3 aromatic carbocycles. The number of nitrogens with one attached hydrogen (secondary N) is 3. The summed E-state index contributed by atoms with van der Waals surface area (Å²) in [4.78, 5) is 16.7. The predicted molar refractivity (Wildman–Crippen MR) is 138 cm³/mol. The quantitative estimate of drug-likeness (QED) is 0.317. The Balaban J connectivity index is 1.50. The lowest BCUT2D eigenvalue weighted by molar-refractivity contribution is 0.102. The van der Waals surface area contributed by atoms with Gasteiger partial charge in [-0.3, -0.25) is 19.2 Å². The number of anilines is 3. The molecular formula is C25H22N4O5S2. The lowest BCUT2D eigenvalue weighted by Gasteiger charge is -2.12. The van der Waals surface area contributed by atoms with E-state index in [1.807, 2.05) is 0 Å². The molecule has 3 N–H and O–H groups in total. The highest BCUT2D eigenvalue weighted by atomic mass is 32.2. The summed E-state index contributed by atoms with van der Waals surface area (Å²) >= 11 is 0. The molecule has 11 heteroatoms. The van der Waals surface area contributed by atoms with E-state index >= 15 is 0 Å². The maximum atomic E-state index is 12.9. The van der Waals surface area contributed by atoms with Crippen LogP contribution in [0.25, 0.3) is 0 Å². The number of benzene rings is 3. The summed E-state index contributed by atoms with van der Waals surface area (Å²) < 4.78 is 55.9. The van der Waals surface area contributed by atoms with E-state index in [-0.39, 0.29) is 15.4 Å². The van der Waals surface area contributed by atoms with E-state index in [1.165, 1.54) is 48.8 Å². The van der Waals surface area contributed by atoms with Crippen LogP contribution in [-0.2, 0) is 20.0 Å². The van der Waals surface area contributed by atoms with Gasteiger partial charge in [0.15, 0.2) is 0 Å². The molecule has 0 bridgehead atoms. The average molecular weight is 523 g/mol. The number of carbonyl (C=O) groups excluding carboxylic acids is 1. The minimum atomic E-state index is -3.93. The van der Waals surface area contributed by atoms with Gasteiger partial charge < -0.3 is 5.32 Å². The zero-order chi connectivity index (χ0) is 25.8. The fourth-order valence-electron chi connectivity index (χ4n) is 3.31. The fraction of sp³-hybridized carbons (Fsp3) is 0.0400. The molecule has 0 saturated carbocycles. The van der Waals surface area contributed by atoms with E-state index in [9.17, 15) is 21.6 Å². The first-order valence-corrected chi connectivity index (χ1v) is 13.6. The zero-order valence-electron chi connectivity index (χ0n) is 19.0. The summed E-state index contributed by atoms with van der Waals surface area (Å²) in [5, 5.41) is 2.66. The Bertz CT molecular complexity index is 1590. The molecule has 184 valence electrons. The summed E-state index contributed by atoms with van der Waals surface area (Å²) in [5.41, 5.74) is 1.67. The monoisotopic (exact) mass is 522 g/mol. The van der Waals surface area contributed by atoms with Crippen molar-refractivity contribution in [2.24, 2.45) is 0 Å². The van der Waals surface area contributed by atoms with Crippen molar-refractivity contribution in [1.82, 2.24) is 4.98 Å². The van der Waals surface area contributed by atoms with Crippen LogP contribution in [0.2, 0.25) is 0 Å². The van der Waals surface area contributed by atoms with Crippen molar-refractivity contribution in [3.63, 3.8) is 0 Å². The number of carbonyl (C=O) groups is 1. The van der Waals surface area contributed by atoms with E-state index in [4.69, 9.17) is 0 Å². The molecule has 4 aromatic rings. The van der Waals surface area contributed by atoms with Crippen molar-refractivity contribution in [3.8, 4) is 0 Å². The third-order valence-corrected chi connectivity index (χ3v) is 8.02. The number of hydrogen-bond donors (Lipinski definition) is 3. The van der Waals surface area contributed by atoms with Crippen LogP contribution in [0.5, 0.6) is 0 Å². The number of aromatic nitrogens is 1. The Morgan fingerprint density at radius 1 is 0.722 bits per heavy atom. The normalized spacial score (nSPS) is 11.5. The Hall–Kier alpha value is -4.22. The molecule has 0 radical (unpaired) electrons. The molecule has 0 aliphatic heterocycles. The predicted octanol–water partition coefficient (Wildman–Crippen LogP) is 4.24. The topological polar surface area (TPSA) is 134 Å². The van der Waals surface area contributed by atoms with Crippen LogP contribution >= 0.6 is 0 Å². The van der Waals surface area contributed by atoms with Gasteiger partial charge in [-0.25, -0.2) is 16.8 Å². The molecule has 0 aliphatic carbocycles. The van der Waals surface area contributed by atoms with Crippen molar-refractivity contribution in [2.45, 2.75) is 16.7 Å². The van der Waals surface area contributed by atoms with E-state index in [2.05, 4.69) is 19.7 Å². The molecule has 36 heavy (non-hydrogen) atoms. The van der Waals surface area contributed by atoms with Crippen LogP contribution in [0.3, 0.4) is 0 Å². The number of amides is 1. The smallest absolute Gasteiger partial charge is 0.262 e. The molecule has 0 atom stereocenters. The molecule has 9 nitrogen and oxygen atoms in total. The average Bonchev–Trinajstić information content (AvgIpc) is 2.85. The Morgan fingerprint density at radius 2 is 1.39 bits per heavy atom. The van der Waals surface area contributed by atoms with E-state index in [0.29, 0.717) is 22.6 Å². The lowest BCUT2D eigenvalue weighted by atomic mass is 10.1. The highest BCUT2D eigenvalue weighted by Crippen LogP contribution is 2.22. The van der Waals surface area contributed by atoms with Gasteiger partial charge in [-0.2, -0.15) is 0 Å². The first kappa shape index (κ1) is 24.9. The number of nitrogens with zero attached hydrogens (tertiary/aromatic N) is 1. The molecule has 0 spiro atoms. The van der Waals surface area contributed by atoms with Crippen LogP contribution in [0, 0.1) is 6.92 Å². The van der Waals surface area contributed by atoms with Gasteiger partial charge in [-0.05, 0) is 73.2 Å². The molecule has 1 amide bonds. The number of sulfonamides is 2. The van der Waals surface area contributed by atoms with Crippen molar-refractivity contribution in [2.75, 3.05) is 14.8 Å². The molecule has 1 heterocycles. The Kier molecular flexibility index (Phi) is 7.04. The van der Waals surface area contributed by atoms with Gasteiger partial charge >= 0.3 is 0 Å². The number of aryl methyl sites for hydroxylation is 1. The largest absolute Gasteiger partial charge is 0.322 e. The van der Waals surface area contributed by atoms with Crippen molar-refractivity contribution >= 4 is 43.0 Å². The first-order valence-electron chi connectivity index (χ1n) is 10.7. The van der Waals surface area contributed by atoms with Crippen molar-refractivity contribution in [3.05, 3.63) is 108 Å². The summed E-state index contributed by atoms with van der Waals surface area (Å²) in [6, 6.07) is 21.6. The second-order valence-corrected chi connectivity index (χ2v) is 11.1. The van der Waals surface area contributed by atoms with Crippen molar-refractivity contribution in [1.29, 1.82) is 0 Å². The summed E-state index contributed by atoms with van der Waals surface area (Å²) in [6.45, 7) is 1.64.